The first-order valence-corrected chi connectivity index (χ1v) is 6.85. The Hall–Kier alpha value is -0.530. The maximum absolute atomic E-state index is 12.0. The molecule has 2 nitrogen and oxygen atoms in total. The molecule has 1 rings (SSSR count). The average molecular weight is 225 g/mol. The molecule has 2 heteroatoms. The van der Waals surface area contributed by atoms with E-state index in [0.29, 0.717) is 0 Å². The summed E-state index contributed by atoms with van der Waals surface area (Å²) in [5, 5.41) is 3.06. The van der Waals surface area contributed by atoms with E-state index in [1.54, 1.807) is 0 Å². The first kappa shape index (κ1) is 13.5. The second-order valence-corrected chi connectivity index (χ2v) is 5.71. The van der Waals surface area contributed by atoms with Gasteiger partial charge in [0.15, 0.2) is 0 Å². The van der Waals surface area contributed by atoms with Gasteiger partial charge in [-0.05, 0) is 44.9 Å². The summed E-state index contributed by atoms with van der Waals surface area (Å²) in [6, 6.07) is 0.272. The van der Waals surface area contributed by atoms with Crippen molar-refractivity contribution in [1.29, 1.82) is 0 Å². The summed E-state index contributed by atoms with van der Waals surface area (Å²) in [5.41, 5.74) is 0. The SMILES string of the molecule is CCCCC(CC1CC1C)C(=O)NC(C)C. The molecule has 1 aliphatic rings. The Labute approximate surface area is 100 Å². The summed E-state index contributed by atoms with van der Waals surface area (Å²) < 4.78 is 0. The van der Waals surface area contributed by atoms with Crippen LogP contribution in [0, 0.1) is 17.8 Å². The third-order valence-electron chi connectivity index (χ3n) is 3.57. The molecule has 1 amide bonds. The maximum atomic E-state index is 12.0. The zero-order chi connectivity index (χ0) is 12.1. The molecule has 0 bridgehead atoms. The Kier molecular flexibility index (Phi) is 5.30. The Morgan fingerprint density at radius 3 is 2.50 bits per heavy atom. The van der Waals surface area contributed by atoms with Crippen LogP contribution in [-0.4, -0.2) is 11.9 Å². The quantitative estimate of drug-likeness (QED) is 0.707. The van der Waals surface area contributed by atoms with Crippen molar-refractivity contribution in [2.45, 2.75) is 65.8 Å². The molecule has 0 spiro atoms. The average Bonchev–Trinajstić information content (AvgIpc) is 2.87. The maximum Gasteiger partial charge on any atom is 0.223 e. The molecule has 94 valence electrons. The molecule has 3 atom stereocenters. The van der Waals surface area contributed by atoms with Crippen LogP contribution in [0.5, 0.6) is 0 Å². The van der Waals surface area contributed by atoms with Gasteiger partial charge in [0.25, 0.3) is 0 Å². The zero-order valence-corrected chi connectivity index (χ0v) is 11.3. The van der Waals surface area contributed by atoms with Crippen molar-refractivity contribution in [1.82, 2.24) is 5.32 Å². The molecule has 0 aromatic rings. The highest BCUT2D eigenvalue weighted by Gasteiger charge is 2.36. The van der Waals surface area contributed by atoms with E-state index in [4.69, 9.17) is 0 Å². The highest BCUT2D eigenvalue weighted by molar-refractivity contribution is 5.78. The lowest BCUT2D eigenvalue weighted by Crippen LogP contribution is -2.36. The molecule has 3 unspecified atom stereocenters. The standard InChI is InChI=1S/C14H27NO/c1-5-6-7-12(9-13-8-11(13)4)14(16)15-10(2)3/h10-13H,5-9H2,1-4H3,(H,15,16). The lowest BCUT2D eigenvalue weighted by atomic mass is 9.94. The van der Waals surface area contributed by atoms with Gasteiger partial charge in [-0.2, -0.15) is 0 Å². The van der Waals surface area contributed by atoms with E-state index in [0.717, 1.165) is 24.7 Å². The predicted molar refractivity (Wildman–Crippen MR) is 68.2 cm³/mol. The van der Waals surface area contributed by atoms with Crippen LogP contribution < -0.4 is 5.32 Å². The molecule has 0 heterocycles. The summed E-state index contributed by atoms with van der Waals surface area (Å²) in [5.74, 6) is 2.22. The van der Waals surface area contributed by atoms with Gasteiger partial charge in [0.05, 0.1) is 0 Å². The van der Waals surface area contributed by atoms with Crippen molar-refractivity contribution in [2.24, 2.45) is 17.8 Å². The summed E-state index contributed by atoms with van der Waals surface area (Å²) in [7, 11) is 0. The molecule has 0 radical (unpaired) electrons. The van der Waals surface area contributed by atoms with Gasteiger partial charge in [-0.1, -0.05) is 26.7 Å². The second kappa shape index (κ2) is 6.27. The summed E-state index contributed by atoms with van der Waals surface area (Å²) in [6.07, 6.45) is 5.87. The van der Waals surface area contributed by atoms with E-state index in [1.165, 1.54) is 19.3 Å². The van der Waals surface area contributed by atoms with Gasteiger partial charge in [0.2, 0.25) is 5.91 Å². The molecule has 1 fully saturated rings. The van der Waals surface area contributed by atoms with Crippen LogP contribution in [0.15, 0.2) is 0 Å². The van der Waals surface area contributed by atoms with Crippen molar-refractivity contribution in [2.75, 3.05) is 0 Å². The Balaban J connectivity index is 2.38. The van der Waals surface area contributed by atoms with E-state index >= 15 is 0 Å². The third-order valence-corrected chi connectivity index (χ3v) is 3.57. The molecule has 1 N–H and O–H groups in total. The number of amides is 1. The second-order valence-electron chi connectivity index (χ2n) is 5.71. The van der Waals surface area contributed by atoms with Gasteiger partial charge < -0.3 is 5.32 Å². The Bertz CT molecular complexity index is 225. The largest absolute Gasteiger partial charge is 0.354 e. The number of rotatable bonds is 7. The van der Waals surface area contributed by atoms with Gasteiger partial charge in [-0.3, -0.25) is 4.79 Å². The van der Waals surface area contributed by atoms with E-state index in [1.807, 2.05) is 13.8 Å². The monoisotopic (exact) mass is 225 g/mol. The van der Waals surface area contributed by atoms with Crippen molar-refractivity contribution in [3.63, 3.8) is 0 Å². The normalized spacial score (nSPS) is 25.6. The number of nitrogens with one attached hydrogen (secondary N) is 1. The number of hydrogen-bond acceptors (Lipinski definition) is 1. The molecule has 16 heavy (non-hydrogen) atoms. The van der Waals surface area contributed by atoms with Crippen molar-refractivity contribution in [3.05, 3.63) is 0 Å². The Morgan fingerprint density at radius 2 is 2.06 bits per heavy atom. The smallest absolute Gasteiger partial charge is 0.223 e. The zero-order valence-electron chi connectivity index (χ0n) is 11.3. The Morgan fingerprint density at radius 1 is 1.44 bits per heavy atom. The topological polar surface area (TPSA) is 29.1 Å². The molecular weight excluding hydrogens is 198 g/mol. The van der Waals surface area contributed by atoms with Gasteiger partial charge in [0, 0.05) is 12.0 Å². The van der Waals surface area contributed by atoms with E-state index in [9.17, 15) is 4.79 Å². The van der Waals surface area contributed by atoms with E-state index in [2.05, 4.69) is 19.2 Å². The van der Waals surface area contributed by atoms with Gasteiger partial charge in [0.1, 0.15) is 0 Å². The number of unbranched alkanes of at least 4 members (excludes halogenated alkanes) is 1. The molecule has 1 saturated carbocycles. The highest BCUT2D eigenvalue weighted by Crippen LogP contribution is 2.43. The van der Waals surface area contributed by atoms with Crippen molar-refractivity contribution >= 4 is 5.91 Å². The predicted octanol–water partition coefficient (Wildman–Crippen LogP) is 3.36. The van der Waals surface area contributed by atoms with Crippen LogP contribution in [0.25, 0.3) is 0 Å². The molecule has 0 saturated heterocycles. The van der Waals surface area contributed by atoms with Crippen LogP contribution >= 0.6 is 0 Å². The number of hydrogen-bond donors (Lipinski definition) is 1. The fourth-order valence-corrected chi connectivity index (χ4v) is 2.30. The lowest BCUT2D eigenvalue weighted by molar-refractivity contribution is -0.126. The van der Waals surface area contributed by atoms with Gasteiger partial charge in [-0.25, -0.2) is 0 Å². The minimum Gasteiger partial charge on any atom is -0.354 e. The minimum absolute atomic E-state index is 0.261. The molecule has 0 aromatic carbocycles. The van der Waals surface area contributed by atoms with Crippen LogP contribution in [0.3, 0.4) is 0 Å². The lowest BCUT2D eigenvalue weighted by Gasteiger charge is -2.18. The fraction of sp³-hybridized carbons (Fsp3) is 0.929. The summed E-state index contributed by atoms with van der Waals surface area (Å²) in [6.45, 7) is 8.56. The van der Waals surface area contributed by atoms with E-state index < -0.39 is 0 Å². The molecular formula is C14H27NO. The summed E-state index contributed by atoms with van der Waals surface area (Å²) in [4.78, 5) is 12.0. The molecule has 0 aromatic heterocycles. The van der Waals surface area contributed by atoms with Crippen molar-refractivity contribution in [3.8, 4) is 0 Å². The van der Waals surface area contributed by atoms with Crippen molar-refractivity contribution < 1.29 is 4.79 Å². The minimum atomic E-state index is 0.261. The van der Waals surface area contributed by atoms with Gasteiger partial charge in [-0.15, -0.1) is 0 Å². The molecule has 0 aliphatic heterocycles. The first-order chi connectivity index (χ1) is 7.54. The van der Waals surface area contributed by atoms with Crippen LogP contribution in [0.4, 0.5) is 0 Å². The highest BCUT2D eigenvalue weighted by atomic mass is 16.1. The van der Waals surface area contributed by atoms with Gasteiger partial charge >= 0.3 is 0 Å². The van der Waals surface area contributed by atoms with Crippen LogP contribution in [0.1, 0.15) is 59.8 Å². The van der Waals surface area contributed by atoms with Crippen LogP contribution in [0.2, 0.25) is 0 Å². The third kappa shape index (κ3) is 4.54. The molecule has 1 aliphatic carbocycles. The first-order valence-electron chi connectivity index (χ1n) is 6.85. The fourth-order valence-electron chi connectivity index (χ4n) is 2.30. The van der Waals surface area contributed by atoms with E-state index in [-0.39, 0.29) is 17.9 Å². The number of carbonyl (C=O) groups excluding carboxylic acids is 1. The number of carbonyl (C=O) groups is 1. The summed E-state index contributed by atoms with van der Waals surface area (Å²) >= 11 is 0. The van der Waals surface area contributed by atoms with Crippen LogP contribution in [-0.2, 0) is 4.79 Å².